The summed E-state index contributed by atoms with van der Waals surface area (Å²) < 4.78 is 5.51. The van der Waals surface area contributed by atoms with Gasteiger partial charge in [0, 0.05) is 10.8 Å². The molecule has 2 aliphatic rings. The van der Waals surface area contributed by atoms with Gasteiger partial charge in [0.1, 0.15) is 6.29 Å². The Kier molecular flexibility index (Phi) is 2.26. The Morgan fingerprint density at radius 2 is 1.89 bits per heavy atom. The summed E-state index contributed by atoms with van der Waals surface area (Å²) in [6.45, 7) is 6.24. The van der Waals surface area contributed by atoms with Crippen LogP contribution in [-0.4, -0.2) is 16.4 Å². The van der Waals surface area contributed by atoms with E-state index in [4.69, 9.17) is 4.52 Å². The van der Waals surface area contributed by atoms with Crippen LogP contribution in [0.2, 0.25) is 0 Å². The van der Waals surface area contributed by atoms with Crippen LogP contribution in [0, 0.1) is 5.41 Å². The lowest BCUT2D eigenvalue weighted by molar-refractivity contribution is -0.115. The molecule has 18 heavy (non-hydrogen) atoms. The molecule has 0 saturated heterocycles. The van der Waals surface area contributed by atoms with Gasteiger partial charge in [0.25, 0.3) is 0 Å². The summed E-state index contributed by atoms with van der Waals surface area (Å²) in [5, 5.41) is 4.12. The van der Waals surface area contributed by atoms with Crippen LogP contribution >= 0.6 is 0 Å². The first-order valence-electron chi connectivity index (χ1n) is 6.70. The summed E-state index contributed by atoms with van der Waals surface area (Å²) in [6, 6.07) is 0. The SMILES string of the molecule is CC(C)(C)c1noc(C23CCC(C=O)(CC2)C3)n1. The van der Waals surface area contributed by atoms with Gasteiger partial charge in [-0.15, -0.1) is 0 Å². The summed E-state index contributed by atoms with van der Waals surface area (Å²) in [5.74, 6) is 1.52. The molecule has 0 amide bonds. The average molecular weight is 248 g/mol. The monoisotopic (exact) mass is 248 g/mol. The van der Waals surface area contributed by atoms with Crippen molar-refractivity contribution in [3.63, 3.8) is 0 Å². The van der Waals surface area contributed by atoms with Crippen molar-refractivity contribution in [3.8, 4) is 0 Å². The van der Waals surface area contributed by atoms with E-state index in [1.807, 2.05) is 0 Å². The van der Waals surface area contributed by atoms with Gasteiger partial charge in [-0.2, -0.15) is 4.98 Å². The van der Waals surface area contributed by atoms with Gasteiger partial charge in [0.2, 0.25) is 5.89 Å². The molecule has 0 unspecified atom stereocenters. The van der Waals surface area contributed by atoms with Gasteiger partial charge >= 0.3 is 0 Å². The second-order valence-electron chi connectivity index (χ2n) is 7.11. The fourth-order valence-electron chi connectivity index (χ4n) is 3.45. The van der Waals surface area contributed by atoms with Crippen molar-refractivity contribution in [2.24, 2.45) is 5.41 Å². The maximum Gasteiger partial charge on any atom is 0.232 e. The summed E-state index contributed by atoms with van der Waals surface area (Å²) in [5.41, 5.74) is -0.203. The first-order chi connectivity index (χ1) is 8.39. The summed E-state index contributed by atoms with van der Waals surface area (Å²) in [7, 11) is 0. The van der Waals surface area contributed by atoms with Crippen molar-refractivity contribution in [2.75, 3.05) is 0 Å². The van der Waals surface area contributed by atoms with Gasteiger partial charge in [-0.25, -0.2) is 0 Å². The van der Waals surface area contributed by atoms with Crippen LogP contribution in [0.4, 0.5) is 0 Å². The number of carbonyl (C=O) groups is 1. The fourth-order valence-corrected chi connectivity index (χ4v) is 3.45. The van der Waals surface area contributed by atoms with Crippen molar-refractivity contribution in [1.29, 1.82) is 0 Å². The smallest absolute Gasteiger partial charge is 0.232 e. The van der Waals surface area contributed by atoms with Crippen LogP contribution in [0.3, 0.4) is 0 Å². The second-order valence-corrected chi connectivity index (χ2v) is 7.11. The molecule has 0 spiro atoms. The van der Waals surface area contributed by atoms with Crippen molar-refractivity contribution in [3.05, 3.63) is 11.7 Å². The first-order valence-corrected chi connectivity index (χ1v) is 6.70. The minimum Gasteiger partial charge on any atom is -0.339 e. The molecule has 1 aromatic heterocycles. The first kappa shape index (κ1) is 11.9. The van der Waals surface area contributed by atoms with Crippen LogP contribution in [0.15, 0.2) is 4.52 Å². The molecule has 0 atom stereocenters. The third-order valence-electron chi connectivity index (χ3n) is 4.69. The van der Waals surface area contributed by atoms with E-state index in [1.165, 1.54) is 0 Å². The molecule has 0 aromatic carbocycles. The maximum atomic E-state index is 11.3. The van der Waals surface area contributed by atoms with Crippen molar-refractivity contribution >= 4 is 6.29 Å². The minimum absolute atomic E-state index is 0.0165. The molecular formula is C14H20N2O2. The van der Waals surface area contributed by atoms with Gasteiger partial charge in [0.15, 0.2) is 5.82 Å². The van der Waals surface area contributed by atoms with Crippen LogP contribution in [0.25, 0.3) is 0 Å². The number of aldehydes is 1. The predicted molar refractivity (Wildman–Crippen MR) is 66.3 cm³/mol. The third-order valence-corrected chi connectivity index (χ3v) is 4.69. The van der Waals surface area contributed by atoms with Gasteiger partial charge < -0.3 is 9.32 Å². The average Bonchev–Trinajstić information content (AvgIpc) is 3.02. The molecule has 2 fully saturated rings. The highest BCUT2D eigenvalue weighted by Gasteiger charge is 2.57. The molecule has 98 valence electrons. The molecule has 0 N–H and O–H groups in total. The number of nitrogens with zero attached hydrogens (tertiary/aromatic N) is 2. The highest BCUT2D eigenvalue weighted by atomic mass is 16.5. The zero-order valence-corrected chi connectivity index (χ0v) is 11.3. The van der Waals surface area contributed by atoms with E-state index >= 15 is 0 Å². The second kappa shape index (κ2) is 3.43. The lowest BCUT2D eigenvalue weighted by Crippen LogP contribution is -2.21. The topological polar surface area (TPSA) is 56.0 Å². The molecule has 4 nitrogen and oxygen atoms in total. The Hall–Kier alpha value is -1.19. The lowest BCUT2D eigenvalue weighted by atomic mass is 9.82. The van der Waals surface area contributed by atoms with E-state index in [1.54, 1.807) is 0 Å². The number of fused-ring (bicyclic) bond motifs is 2. The molecule has 2 aliphatic carbocycles. The Bertz CT molecular complexity index is 476. The number of hydrogen-bond acceptors (Lipinski definition) is 4. The van der Waals surface area contributed by atoms with E-state index in [0.29, 0.717) is 0 Å². The quantitative estimate of drug-likeness (QED) is 0.755. The fraction of sp³-hybridized carbons (Fsp3) is 0.786. The van der Waals surface area contributed by atoms with Gasteiger partial charge in [-0.3, -0.25) is 0 Å². The van der Waals surface area contributed by atoms with E-state index < -0.39 is 0 Å². The van der Waals surface area contributed by atoms with Gasteiger partial charge in [0.05, 0.1) is 5.41 Å². The Morgan fingerprint density at radius 3 is 2.33 bits per heavy atom. The molecular weight excluding hydrogens is 228 g/mol. The molecule has 2 saturated carbocycles. The van der Waals surface area contributed by atoms with Crippen molar-refractivity contribution in [1.82, 2.24) is 10.1 Å². The van der Waals surface area contributed by atoms with Crippen LogP contribution < -0.4 is 0 Å². The Morgan fingerprint density at radius 1 is 1.22 bits per heavy atom. The highest BCUT2D eigenvalue weighted by Crippen LogP contribution is 2.61. The standard InChI is InChI=1S/C14H20N2O2/c1-12(2,3)10-15-11(18-16-10)14-6-4-13(8-14,9-17)5-7-14/h9H,4-8H2,1-3H3. The zero-order valence-electron chi connectivity index (χ0n) is 11.3. The van der Waals surface area contributed by atoms with Gasteiger partial charge in [-0.05, 0) is 32.1 Å². The Balaban J connectivity index is 1.93. The van der Waals surface area contributed by atoms with Crippen LogP contribution in [0.5, 0.6) is 0 Å². The van der Waals surface area contributed by atoms with Gasteiger partial charge in [-0.1, -0.05) is 25.9 Å². The molecule has 1 heterocycles. The molecule has 2 bridgehead atoms. The zero-order chi connectivity index (χ0) is 13.0. The Labute approximate surface area is 107 Å². The lowest BCUT2D eigenvalue weighted by Gasteiger charge is -2.22. The molecule has 0 aliphatic heterocycles. The van der Waals surface area contributed by atoms with E-state index in [0.717, 1.165) is 50.1 Å². The van der Waals surface area contributed by atoms with Crippen LogP contribution in [0.1, 0.15) is 64.6 Å². The molecule has 4 heteroatoms. The normalized spacial score (nSPS) is 35.1. The van der Waals surface area contributed by atoms with Crippen LogP contribution in [-0.2, 0) is 15.6 Å². The number of hydrogen-bond donors (Lipinski definition) is 0. The number of carbonyl (C=O) groups excluding carboxylic acids is 1. The summed E-state index contributed by atoms with van der Waals surface area (Å²) in [4.78, 5) is 15.9. The van der Waals surface area contributed by atoms with Crippen molar-refractivity contribution in [2.45, 2.75) is 63.7 Å². The molecule has 3 rings (SSSR count). The summed E-state index contributed by atoms with van der Waals surface area (Å²) >= 11 is 0. The van der Waals surface area contributed by atoms with E-state index in [9.17, 15) is 4.79 Å². The van der Waals surface area contributed by atoms with E-state index in [-0.39, 0.29) is 16.2 Å². The maximum absolute atomic E-state index is 11.3. The highest BCUT2D eigenvalue weighted by molar-refractivity contribution is 5.62. The minimum atomic E-state index is -0.101. The van der Waals surface area contributed by atoms with Crippen molar-refractivity contribution < 1.29 is 9.32 Å². The number of aromatic nitrogens is 2. The predicted octanol–water partition coefficient (Wildman–Crippen LogP) is 2.77. The number of rotatable bonds is 2. The molecule has 0 radical (unpaired) electrons. The van der Waals surface area contributed by atoms with E-state index in [2.05, 4.69) is 30.9 Å². The molecule has 1 aromatic rings. The summed E-state index contributed by atoms with van der Waals surface area (Å²) in [6.07, 6.45) is 6.03. The third kappa shape index (κ3) is 1.54. The largest absolute Gasteiger partial charge is 0.339 e.